The molecule has 1 aromatic carbocycles. The van der Waals surface area contributed by atoms with Gasteiger partial charge in [0.1, 0.15) is 12.4 Å². The Balaban J connectivity index is 1.37. The fourth-order valence-electron chi connectivity index (χ4n) is 3.48. The molecule has 7 heteroatoms. The number of carbonyl (C=O) groups excluding carboxylic acids is 2. The second-order valence-corrected chi connectivity index (χ2v) is 7.41. The van der Waals surface area contributed by atoms with Crippen LogP contribution < -0.4 is 10.2 Å². The van der Waals surface area contributed by atoms with E-state index in [2.05, 4.69) is 15.2 Å². The smallest absolute Gasteiger partial charge is 0.240 e. The number of rotatable bonds is 7. The molecular weight excluding hydrogens is 354 g/mol. The Morgan fingerprint density at radius 1 is 1.18 bits per heavy atom. The number of piperidine rings is 1. The molecule has 1 aliphatic heterocycles. The van der Waals surface area contributed by atoms with Crippen LogP contribution in [0.1, 0.15) is 18.7 Å². The van der Waals surface area contributed by atoms with E-state index in [0.29, 0.717) is 25.6 Å². The third-order valence-electron chi connectivity index (χ3n) is 5.41. The lowest BCUT2D eigenvalue weighted by molar-refractivity contribution is -0.122. The molecule has 1 aromatic heterocycles. The normalized spacial score (nSPS) is 15.4. The molecule has 1 aliphatic rings. The van der Waals surface area contributed by atoms with Gasteiger partial charge in [0.05, 0.1) is 6.54 Å². The van der Waals surface area contributed by atoms with Crippen molar-refractivity contribution in [1.82, 2.24) is 19.8 Å². The number of carbonyl (C=O) groups is 2. The maximum absolute atomic E-state index is 12.5. The number of hydrogen-bond donors (Lipinski definition) is 1. The van der Waals surface area contributed by atoms with Crippen LogP contribution in [-0.4, -0.2) is 59.5 Å². The fourth-order valence-corrected chi connectivity index (χ4v) is 3.48. The Bertz CT molecular complexity index is 781. The number of likely N-dealkylation sites (N-methyl/N-ethyl adjacent to an activating group) is 1. The van der Waals surface area contributed by atoms with Gasteiger partial charge in [0.25, 0.3) is 0 Å². The van der Waals surface area contributed by atoms with E-state index in [4.69, 9.17) is 0 Å². The monoisotopic (exact) mass is 383 g/mol. The van der Waals surface area contributed by atoms with Gasteiger partial charge in [-0.05, 0) is 50.9 Å². The number of nitrogens with zero attached hydrogens (tertiary/aromatic N) is 4. The number of anilines is 1. The van der Waals surface area contributed by atoms with Crippen molar-refractivity contribution in [2.24, 2.45) is 5.92 Å². The maximum Gasteiger partial charge on any atom is 0.240 e. The van der Waals surface area contributed by atoms with E-state index in [1.807, 2.05) is 55.1 Å². The summed E-state index contributed by atoms with van der Waals surface area (Å²) < 4.78 is 1.84. The maximum atomic E-state index is 12.5. The first-order valence-electron chi connectivity index (χ1n) is 9.81. The third kappa shape index (κ3) is 5.42. The van der Waals surface area contributed by atoms with Crippen LogP contribution in [0.5, 0.6) is 0 Å². The van der Waals surface area contributed by atoms with Gasteiger partial charge in [-0.3, -0.25) is 14.5 Å². The molecular formula is C21H29N5O2. The van der Waals surface area contributed by atoms with Gasteiger partial charge >= 0.3 is 0 Å². The van der Waals surface area contributed by atoms with Crippen LogP contribution >= 0.6 is 0 Å². The molecule has 0 bridgehead atoms. The Hall–Kier alpha value is -2.67. The highest BCUT2D eigenvalue weighted by Crippen LogP contribution is 2.17. The molecule has 150 valence electrons. The molecule has 0 radical (unpaired) electrons. The Morgan fingerprint density at radius 3 is 2.54 bits per heavy atom. The first-order valence-corrected chi connectivity index (χ1v) is 9.81. The minimum atomic E-state index is 0.0168. The van der Waals surface area contributed by atoms with Crippen molar-refractivity contribution in [2.75, 3.05) is 38.1 Å². The number of hydrogen-bond acceptors (Lipinski definition) is 4. The molecule has 0 saturated carbocycles. The summed E-state index contributed by atoms with van der Waals surface area (Å²) in [6, 6.07) is 9.71. The largest absolute Gasteiger partial charge is 0.354 e. The zero-order valence-electron chi connectivity index (χ0n) is 16.7. The Labute approximate surface area is 166 Å². The zero-order valence-corrected chi connectivity index (χ0v) is 16.7. The predicted octanol–water partition coefficient (Wildman–Crippen LogP) is 1.68. The first-order chi connectivity index (χ1) is 13.5. The SMILES string of the molecule is Cc1nccn1CC(=O)NCC1CCN(CC(=O)N(C)c2ccccc2)CC1. The summed E-state index contributed by atoms with van der Waals surface area (Å²) in [5.74, 6) is 1.43. The highest BCUT2D eigenvalue weighted by Gasteiger charge is 2.22. The second-order valence-electron chi connectivity index (χ2n) is 7.41. The molecule has 0 spiro atoms. The summed E-state index contributed by atoms with van der Waals surface area (Å²) in [4.78, 5) is 32.7. The van der Waals surface area contributed by atoms with Crippen LogP contribution in [0.15, 0.2) is 42.7 Å². The minimum Gasteiger partial charge on any atom is -0.354 e. The quantitative estimate of drug-likeness (QED) is 0.790. The lowest BCUT2D eigenvalue weighted by Gasteiger charge is -2.32. The van der Waals surface area contributed by atoms with Crippen LogP contribution in [-0.2, 0) is 16.1 Å². The van der Waals surface area contributed by atoms with Crippen LogP contribution in [0.25, 0.3) is 0 Å². The molecule has 28 heavy (non-hydrogen) atoms. The number of amides is 2. The van der Waals surface area contributed by atoms with E-state index < -0.39 is 0 Å². The molecule has 3 rings (SSSR count). The van der Waals surface area contributed by atoms with E-state index in [-0.39, 0.29) is 11.8 Å². The number of aromatic nitrogens is 2. The summed E-state index contributed by atoms with van der Waals surface area (Å²) in [5, 5.41) is 3.03. The van der Waals surface area contributed by atoms with Crippen molar-refractivity contribution < 1.29 is 9.59 Å². The van der Waals surface area contributed by atoms with Gasteiger partial charge in [0, 0.05) is 31.7 Å². The average Bonchev–Trinajstić information content (AvgIpc) is 3.12. The van der Waals surface area contributed by atoms with Gasteiger partial charge in [0.2, 0.25) is 11.8 Å². The number of para-hydroxylation sites is 1. The summed E-state index contributed by atoms with van der Waals surface area (Å²) in [6.07, 6.45) is 5.51. The van der Waals surface area contributed by atoms with E-state index in [1.54, 1.807) is 11.1 Å². The molecule has 1 fully saturated rings. The van der Waals surface area contributed by atoms with Crippen molar-refractivity contribution in [3.63, 3.8) is 0 Å². The van der Waals surface area contributed by atoms with Crippen molar-refractivity contribution in [3.8, 4) is 0 Å². The standard InChI is InChI=1S/C21H29N5O2/c1-17-22-10-13-26(17)15-20(27)23-14-18-8-11-25(12-9-18)16-21(28)24(2)19-6-4-3-5-7-19/h3-7,10,13,18H,8-9,11-12,14-16H2,1-2H3,(H,23,27). The van der Waals surface area contributed by atoms with Crippen LogP contribution in [0.2, 0.25) is 0 Å². The highest BCUT2D eigenvalue weighted by atomic mass is 16.2. The van der Waals surface area contributed by atoms with Crippen molar-refractivity contribution >= 4 is 17.5 Å². The lowest BCUT2D eigenvalue weighted by atomic mass is 9.97. The lowest BCUT2D eigenvalue weighted by Crippen LogP contribution is -2.44. The Kier molecular flexibility index (Phi) is 6.81. The van der Waals surface area contributed by atoms with Crippen LogP contribution in [0.4, 0.5) is 5.69 Å². The summed E-state index contributed by atoms with van der Waals surface area (Å²) in [7, 11) is 1.82. The number of nitrogens with one attached hydrogen (secondary N) is 1. The molecule has 2 aromatic rings. The topological polar surface area (TPSA) is 70.5 Å². The molecule has 2 heterocycles. The number of likely N-dealkylation sites (tertiary alicyclic amines) is 1. The van der Waals surface area contributed by atoms with Crippen molar-refractivity contribution in [2.45, 2.75) is 26.3 Å². The van der Waals surface area contributed by atoms with E-state index in [9.17, 15) is 9.59 Å². The van der Waals surface area contributed by atoms with Gasteiger partial charge in [-0.1, -0.05) is 18.2 Å². The fraction of sp³-hybridized carbons (Fsp3) is 0.476. The molecule has 0 atom stereocenters. The van der Waals surface area contributed by atoms with Gasteiger partial charge in [-0.2, -0.15) is 0 Å². The van der Waals surface area contributed by atoms with E-state index in [0.717, 1.165) is 37.4 Å². The van der Waals surface area contributed by atoms with E-state index in [1.165, 1.54) is 0 Å². The molecule has 7 nitrogen and oxygen atoms in total. The number of benzene rings is 1. The molecule has 2 amide bonds. The van der Waals surface area contributed by atoms with Gasteiger partial charge in [0.15, 0.2) is 0 Å². The predicted molar refractivity (Wildman–Crippen MR) is 109 cm³/mol. The minimum absolute atomic E-state index is 0.0168. The zero-order chi connectivity index (χ0) is 19.9. The van der Waals surface area contributed by atoms with Crippen molar-refractivity contribution in [3.05, 3.63) is 48.5 Å². The molecule has 1 saturated heterocycles. The third-order valence-corrected chi connectivity index (χ3v) is 5.41. The summed E-state index contributed by atoms with van der Waals surface area (Å²) in [6.45, 7) is 5.10. The summed E-state index contributed by atoms with van der Waals surface area (Å²) >= 11 is 0. The van der Waals surface area contributed by atoms with Crippen LogP contribution in [0.3, 0.4) is 0 Å². The first kappa shape index (κ1) is 20.1. The Morgan fingerprint density at radius 2 is 1.89 bits per heavy atom. The molecule has 1 N–H and O–H groups in total. The molecule has 0 unspecified atom stereocenters. The highest BCUT2D eigenvalue weighted by molar-refractivity contribution is 5.94. The van der Waals surface area contributed by atoms with Crippen LogP contribution in [0, 0.1) is 12.8 Å². The second kappa shape index (κ2) is 9.50. The summed E-state index contributed by atoms with van der Waals surface area (Å²) in [5.41, 5.74) is 0.915. The number of aryl methyl sites for hydroxylation is 1. The van der Waals surface area contributed by atoms with Gasteiger partial charge < -0.3 is 14.8 Å². The average molecular weight is 383 g/mol. The van der Waals surface area contributed by atoms with Gasteiger partial charge in [-0.25, -0.2) is 4.98 Å². The van der Waals surface area contributed by atoms with Gasteiger partial charge in [-0.15, -0.1) is 0 Å². The van der Waals surface area contributed by atoms with E-state index >= 15 is 0 Å². The molecule has 0 aliphatic carbocycles. The number of imidazole rings is 1. The van der Waals surface area contributed by atoms with Crippen molar-refractivity contribution in [1.29, 1.82) is 0 Å².